The van der Waals surface area contributed by atoms with Crippen LogP contribution in [0, 0.1) is 3.57 Å². The molecule has 0 spiro atoms. The van der Waals surface area contributed by atoms with E-state index >= 15 is 0 Å². The molecule has 0 aliphatic carbocycles. The molecule has 4 rings (SSSR count). The van der Waals surface area contributed by atoms with Crippen molar-refractivity contribution in [1.29, 1.82) is 0 Å². The predicted octanol–water partition coefficient (Wildman–Crippen LogP) is 7.00. The second kappa shape index (κ2) is 11.4. The fraction of sp³-hybridized carbons (Fsp3) is 0.0741. The van der Waals surface area contributed by atoms with E-state index in [9.17, 15) is 8.42 Å². The Labute approximate surface area is 218 Å². The van der Waals surface area contributed by atoms with Crippen LogP contribution in [0.2, 0.25) is 0 Å². The monoisotopic (exact) mass is 599 g/mol. The van der Waals surface area contributed by atoms with Gasteiger partial charge in [-0.3, -0.25) is 4.99 Å². The zero-order chi connectivity index (χ0) is 24.7. The smallest absolute Gasteiger partial charge is 0.339 e. The number of hydrogen-bond donors (Lipinski definition) is 0. The normalized spacial score (nSPS) is 11.4. The third kappa shape index (κ3) is 6.61. The van der Waals surface area contributed by atoms with Crippen LogP contribution < -0.4 is 13.7 Å². The van der Waals surface area contributed by atoms with Gasteiger partial charge in [0.1, 0.15) is 16.4 Å². The number of halogens is 1. The Hall–Kier alpha value is -3.37. The lowest BCUT2D eigenvalue weighted by Crippen LogP contribution is -2.12. The molecule has 0 saturated heterocycles. The van der Waals surface area contributed by atoms with Gasteiger partial charge in [0.25, 0.3) is 0 Å². The van der Waals surface area contributed by atoms with Crippen LogP contribution in [0.25, 0.3) is 0 Å². The summed E-state index contributed by atoms with van der Waals surface area (Å²) in [5.74, 6) is 1.95. The first-order valence-corrected chi connectivity index (χ1v) is 13.3. The highest BCUT2D eigenvalue weighted by atomic mass is 127. The Morgan fingerprint density at radius 3 is 2.14 bits per heavy atom. The molecule has 8 heteroatoms. The molecule has 0 unspecified atom stereocenters. The van der Waals surface area contributed by atoms with Crippen LogP contribution in [0.3, 0.4) is 0 Å². The molecule has 35 heavy (non-hydrogen) atoms. The summed E-state index contributed by atoms with van der Waals surface area (Å²) >= 11 is 2.03. The van der Waals surface area contributed by atoms with E-state index in [0.717, 1.165) is 17.0 Å². The first-order chi connectivity index (χ1) is 16.9. The lowest BCUT2D eigenvalue weighted by molar-refractivity contribution is 0.327. The highest BCUT2D eigenvalue weighted by Crippen LogP contribution is 2.36. The minimum Gasteiger partial charge on any atom is -0.490 e. The SMILES string of the molecule is CCOc1cc(C=Nc2ccc(Oc3ccccc3)cc2)cc(I)c1OS(=O)(=O)c1ccccc1. The van der Waals surface area contributed by atoms with Crippen LogP contribution >= 0.6 is 22.6 Å². The van der Waals surface area contributed by atoms with Crippen molar-refractivity contribution in [3.8, 4) is 23.0 Å². The summed E-state index contributed by atoms with van der Waals surface area (Å²) in [6.45, 7) is 2.17. The maximum atomic E-state index is 12.7. The number of rotatable bonds is 9. The maximum absolute atomic E-state index is 12.7. The van der Waals surface area contributed by atoms with E-state index in [2.05, 4.69) is 4.99 Å². The van der Waals surface area contributed by atoms with E-state index in [1.54, 1.807) is 36.5 Å². The number of ether oxygens (including phenoxy) is 2. The first kappa shape index (κ1) is 24.7. The second-order valence-corrected chi connectivity index (χ2v) is 9.99. The summed E-state index contributed by atoms with van der Waals surface area (Å²) in [4.78, 5) is 4.59. The molecule has 0 amide bonds. The molecule has 0 atom stereocenters. The average molecular weight is 599 g/mol. The van der Waals surface area contributed by atoms with E-state index in [-0.39, 0.29) is 10.6 Å². The summed E-state index contributed by atoms with van der Waals surface area (Å²) in [5.41, 5.74) is 1.48. The number of nitrogens with zero attached hydrogens (tertiary/aromatic N) is 1. The average Bonchev–Trinajstić information content (AvgIpc) is 2.87. The number of hydrogen-bond acceptors (Lipinski definition) is 6. The predicted molar refractivity (Wildman–Crippen MR) is 145 cm³/mol. The number of aliphatic imine (C=N–C) groups is 1. The molecule has 0 saturated carbocycles. The molecule has 0 aliphatic heterocycles. The molecule has 0 radical (unpaired) electrons. The zero-order valence-electron chi connectivity index (χ0n) is 18.8. The van der Waals surface area contributed by atoms with Gasteiger partial charge in [0, 0.05) is 6.21 Å². The number of para-hydroxylation sites is 1. The maximum Gasteiger partial charge on any atom is 0.339 e. The van der Waals surface area contributed by atoms with Gasteiger partial charge < -0.3 is 13.7 Å². The van der Waals surface area contributed by atoms with Gasteiger partial charge in [-0.05, 0) is 95.7 Å². The van der Waals surface area contributed by atoms with Gasteiger partial charge in [0.05, 0.1) is 15.9 Å². The highest BCUT2D eigenvalue weighted by Gasteiger charge is 2.21. The molecule has 6 nitrogen and oxygen atoms in total. The molecule has 0 fully saturated rings. The van der Waals surface area contributed by atoms with Crippen LogP contribution in [0.1, 0.15) is 12.5 Å². The third-order valence-corrected chi connectivity index (χ3v) is 6.77. The molecular formula is C27H22INO5S. The van der Waals surface area contributed by atoms with E-state index in [1.807, 2.05) is 84.1 Å². The van der Waals surface area contributed by atoms with Crippen molar-refractivity contribution in [3.63, 3.8) is 0 Å². The van der Waals surface area contributed by atoms with Gasteiger partial charge >= 0.3 is 10.1 Å². The van der Waals surface area contributed by atoms with Crippen molar-refractivity contribution in [3.05, 3.63) is 106 Å². The van der Waals surface area contributed by atoms with Crippen LogP contribution in [0.5, 0.6) is 23.0 Å². The second-order valence-electron chi connectivity index (χ2n) is 7.28. The largest absolute Gasteiger partial charge is 0.490 e. The quantitative estimate of drug-likeness (QED) is 0.118. The Kier molecular flexibility index (Phi) is 8.04. The van der Waals surface area contributed by atoms with Crippen molar-refractivity contribution >= 4 is 44.6 Å². The molecule has 0 aromatic heterocycles. The van der Waals surface area contributed by atoms with Crippen molar-refractivity contribution in [2.24, 2.45) is 4.99 Å². The summed E-state index contributed by atoms with van der Waals surface area (Å²) < 4.78 is 43.0. The van der Waals surface area contributed by atoms with Crippen molar-refractivity contribution in [2.75, 3.05) is 6.61 Å². The standard InChI is InChI=1S/C27H22INO5S/c1-2-32-26-18-20(17-25(28)27(26)34-35(30,31)24-11-7-4-8-12-24)19-29-21-13-15-23(16-14-21)33-22-9-5-3-6-10-22/h3-19H,2H2,1H3. The molecular weight excluding hydrogens is 577 g/mol. The minimum absolute atomic E-state index is 0.0728. The summed E-state index contributed by atoms with van der Waals surface area (Å²) in [5, 5.41) is 0. The Balaban J connectivity index is 1.53. The van der Waals surface area contributed by atoms with Gasteiger partial charge in [-0.2, -0.15) is 8.42 Å². The summed E-state index contributed by atoms with van der Waals surface area (Å²) in [7, 11) is -4.00. The summed E-state index contributed by atoms with van der Waals surface area (Å²) in [6, 6.07) is 28.4. The van der Waals surface area contributed by atoms with Crippen LogP contribution in [0.4, 0.5) is 5.69 Å². The van der Waals surface area contributed by atoms with Gasteiger partial charge in [-0.1, -0.05) is 36.4 Å². The van der Waals surface area contributed by atoms with Gasteiger partial charge in [0.2, 0.25) is 0 Å². The topological polar surface area (TPSA) is 74.2 Å². The van der Waals surface area contributed by atoms with E-state index in [0.29, 0.717) is 21.7 Å². The highest BCUT2D eigenvalue weighted by molar-refractivity contribution is 14.1. The zero-order valence-corrected chi connectivity index (χ0v) is 21.8. The molecule has 0 heterocycles. The van der Waals surface area contributed by atoms with Crippen molar-refractivity contribution in [1.82, 2.24) is 0 Å². The molecule has 0 bridgehead atoms. The Morgan fingerprint density at radius 2 is 1.49 bits per heavy atom. The molecule has 0 N–H and O–H groups in total. The first-order valence-electron chi connectivity index (χ1n) is 10.8. The molecule has 0 aliphatic rings. The van der Waals surface area contributed by atoms with Crippen molar-refractivity contribution < 1.29 is 22.1 Å². The van der Waals surface area contributed by atoms with Crippen molar-refractivity contribution in [2.45, 2.75) is 11.8 Å². The van der Waals surface area contributed by atoms with E-state index in [1.165, 1.54) is 12.1 Å². The molecule has 4 aromatic carbocycles. The van der Waals surface area contributed by atoms with Crippen LogP contribution in [-0.4, -0.2) is 21.2 Å². The van der Waals surface area contributed by atoms with Gasteiger partial charge in [0.15, 0.2) is 11.5 Å². The van der Waals surface area contributed by atoms with Crippen LogP contribution in [-0.2, 0) is 10.1 Å². The Bertz CT molecular complexity index is 1410. The van der Waals surface area contributed by atoms with Gasteiger partial charge in [-0.25, -0.2) is 0 Å². The van der Waals surface area contributed by atoms with Gasteiger partial charge in [-0.15, -0.1) is 0 Å². The molecule has 4 aromatic rings. The lowest BCUT2D eigenvalue weighted by atomic mass is 10.2. The fourth-order valence-corrected chi connectivity index (χ4v) is 4.99. The Morgan fingerprint density at radius 1 is 0.857 bits per heavy atom. The third-order valence-electron chi connectivity index (χ3n) is 4.73. The molecule has 178 valence electrons. The minimum atomic E-state index is -4.00. The lowest BCUT2D eigenvalue weighted by Gasteiger charge is -2.14. The van der Waals surface area contributed by atoms with E-state index < -0.39 is 10.1 Å². The van der Waals surface area contributed by atoms with Crippen LogP contribution in [0.15, 0.2) is 107 Å². The fourth-order valence-electron chi connectivity index (χ4n) is 3.13. The summed E-state index contributed by atoms with van der Waals surface area (Å²) in [6.07, 6.45) is 1.69. The number of benzene rings is 4. The van der Waals surface area contributed by atoms with E-state index in [4.69, 9.17) is 13.7 Å².